The molecule has 1 fully saturated rings. The van der Waals surface area contributed by atoms with Gasteiger partial charge in [-0.1, -0.05) is 11.8 Å². The Balaban J connectivity index is 1.88. The van der Waals surface area contributed by atoms with Crippen LogP contribution in [0.5, 0.6) is 0 Å². The van der Waals surface area contributed by atoms with Crippen molar-refractivity contribution in [2.24, 2.45) is 5.92 Å². The molecule has 0 aromatic carbocycles. The zero-order valence-electron chi connectivity index (χ0n) is 9.99. The number of thioether (sulfide) groups is 1. The van der Waals surface area contributed by atoms with Crippen LogP contribution in [-0.4, -0.2) is 28.8 Å². The van der Waals surface area contributed by atoms with Crippen molar-refractivity contribution >= 4 is 11.8 Å². The third kappa shape index (κ3) is 3.46. The third-order valence-corrected chi connectivity index (χ3v) is 3.89. The van der Waals surface area contributed by atoms with Gasteiger partial charge in [-0.25, -0.2) is 9.97 Å². The van der Waals surface area contributed by atoms with Crippen LogP contribution >= 0.6 is 11.8 Å². The molecule has 0 radical (unpaired) electrons. The van der Waals surface area contributed by atoms with E-state index in [1.165, 1.54) is 19.4 Å². The Kier molecular flexibility index (Phi) is 4.18. The molecule has 3 nitrogen and oxygen atoms in total. The zero-order chi connectivity index (χ0) is 11.4. The fraction of sp³-hybridized carbons (Fsp3) is 0.667. The molecular formula is C12H19N3S. The predicted molar refractivity (Wildman–Crippen MR) is 67.8 cm³/mol. The maximum Gasteiger partial charge on any atom is 0.187 e. The number of hydrogen-bond donors (Lipinski definition) is 1. The minimum Gasteiger partial charge on any atom is -0.316 e. The lowest BCUT2D eigenvalue weighted by atomic mass is 10.0. The first-order chi connectivity index (χ1) is 7.74. The molecule has 1 aliphatic heterocycles. The molecule has 1 N–H and O–H groups in total. The Morgan fingerprint density at radius 2 is 2.12 bits per heavy atom. The van der Waals surface area contributed by atoms with Crippen molar-refractivity contribution in [1.82, 2.24) is 15.3 Å². The Hall–Kier alpha value is -0.610. The van der Waals surface area contributed by atoms with E-state index >= 15 is 0 Å². The molecule has 0 bridgehead atoms. The fourth-order valence-electron chi connectivity index (χ4n) is 2.02. The summed E-state index contributed by atoms with van der Waals surface area (Å²) in [5.74, 6) is 1.92. The van der Waals surface area contributed by atoms with E-state index in [4.69, 9.17) is 0 Å². The van der Waals surface area contributed by atoms with Gasteiger partial charge in [-0.3, -0.25) is 0 Å². The molecule has 1 aliphatic rings. The highest BCUT2D eigenvalue weighted by Gasteiger charge is 2.13. The molecule has 88 valence electrons. The minimum atomic E-state index is 0.781. The standard InChI is InChI=1S/C12H19N3S/c1-9-6-10(2)15-12(14-9)16-8-11-4-3-5-13-7-11/h6,11,13H,3-5,7-8H2,1-2H3. The van der Waals surface area contributed by atoms with Crippen LogP contribution in [-0.2, 0) is 0 Å². The molecule has 0 aliphatic carbocycles. The van der Waals surface area contributed by atoms with Crippen molar-refractivity contribution in [1.29, 1.82) is 0 Å². The van der Waals surface area contributed by atoms with Gasteiger partial charge in [0.1, 0.15) is 0 Å². The lowest BCUT2D eigenvalue weighted by Crippen LogP contribution is -2.30. The first kappa shape index (κ1) is 11.9. The zero-order valence-corrected chi connectivity index (χ0v) is 10.8. The number of hydrogen-bond acceptors (Lipinski definition) is 4. The average molecular weight is 237 g/mol. The normalized spacial score (nSPS) is 21.0. The number of rotatable bonds is 3. The predicted octanol–water partition coefficient (Wildman–Crippen LogP) is 2.19. The molecule has 1 aromatic rings. The maximum atomic E-state index is 4.45. The molecule has 4 heteroatoms. The Labute approximate surface area is 101 Å². The van der Waals surface area contributed by atoms with Crippen LogP contribution in [0, 0.1) is 19.8 Å². The van der Waals surface area contributed by atoms with Gasteiger partial charge in [0.25, 0.3) is 0 Å². The van der Waals surface area contributed by atoms with Crippen LogP contribution in [0.4, 0.5) is 0 Å². The SMILES string of the molecule is Cc1cc(C)nc(SCC2CCCNC2)n1. The van der Waals surface area contributed by atoms with Gasteiger partial charge < -0.3 is 5.32 Å². The molecule has 0 amide bonds. The van der Waals surface area contributed by atoms with Crippen LogP contribution < -0.4 is 5.32 Å². The molecule has 2 rings (SSSR count). The molecule has 1 unspecified atom stereocenters. The van der Waals surface area contributed by atoms with Crippen molar-refractivity contribution < 1.29 is 0 Å². The highest BCUT2D eigenvalue weighted by molar-refractivity contribution is 7.99. The minimum absolute atomic E-state index is 0.781. The number of nitrogens with one attached hydrogen (secondary N) is 1. The highest BCUT2D eigenvalue weighted by atomic mass is 32.2. The quantitative estimate of drug-likeness (QED) is 0.646. The second-order valence-electron chi connectivity index (χ2n) is 4.46. The first-order valence-corrected chi connectivity index (χ1v) is 6.88. The van der Waals surface area contributed by atoms with Crippen molar-refractivity contribution in [2.75, 3.05) is 18.8 Å². The molecule has 1 atom stereocenters. The van der Waals surface area contributed by atoms with E-state index in [9.17, 15) is 0 Å². The van der Waals surface area contributed by atoms with Crippen molar-refractivity contribution in [3.63, 3.8) is 0 Å². The molecule has 2 heterocycles. The molecular weight excluding hydrogens is 218 g/mol. The van der Waals surface area contributed by atoms with Crippen molar-refractivity contribution in [2.45, 2.75) is 31.8 Å². The van der Waals surface area contributed by atoms with Gasteiger partial charge in [0.2, 0.25) is 0 Å². The van der Waals surface area contributed by atoms with Gasteiger partial charge in [0, 0.05) is 17.1 Å². The van der Waals surface area contributed by atoms with Gasteiger partial charge in [0.15, 0.2) is 5.16 Å². The van der Waals surface area contributed by atoms with Crippen LogP contribution in [0.2, 0.25) is 0 Å². The largest absolute Gasteiger partial charge is 0.316 e. The van der Waals surface area contributed by atoms with Gasteiger partial charge in [-0.15, -0.1) is 0 Å². The summed E-state index contributed by atoms with van der Waals surface area (Å²) in [5, 5.41) is 4.37. The molecule has 16 heavy (non-hydrogen) atoms. The summed E-state index contributed by atoms with van der Waals surface area (Å²) in [6, 6.07) is 2.02. The lowest BCUT2D eigenvalue weighted by Gasteiger charge is -2.21. The average Bonchev–Trinajstić information content (AvgIpc) is 2.27. The summed E-state index contributed by atoms with van der Waals surface area (Å²) in [7, 11) is 0. The van der Waals surface area contributed by atoms with E-state index in [0.29, 0.717) is 0 Å². The number of aryl methyl sites for hydroxylation is 2. The Morgan fingerprint density at radius 3 is 2.75 bits per heavy atom. The van der Waals surface area contributed by atoms with E-state index in [2.05, 4.69) is 15.3 Å². The van der Waals surface area contributed by atoms with Crippen LogP contribution in [0.15, 0.2) is 11.2 Å². The molecule has 0 spiro atoms. The summed E-state index contributed by atoms with van der Waals surface area (Å²) >= 11 is 1.79. The van der Waals surface area contributed by atoms with E-state index in [1.54, 1.807) is 11.8 Å². The molecule has 1 saturated heterocycles. The lowest BCUT2D eigenvalue weighted by molar-refractivity contribution is 0.410. The monoisotopic (exact) mass is 237 g/mol. The summed E-state index contributed by atoms with van der Waals surface area (Å²) in [6.45, 7) is 6.39. The molecule has 0 saturated carbocycles. The van der Waals surface area contributed by atoms with Gasteiger partial charge in [0.05, 0.1) is 0 Å². The van der Waals surface area contributed by atoms with Gasteiger partial charge >= 0.3 is 0 Å². The Bertz CT molecular complexity index is 328. The van der Waals surface area contributed by atoms with E-state index in [1.807, 2.05) is 19.9 Å². The summed E-state index contributed by atoms with van der Waals surface area (Å²) < 4.78 is 0. The van der Waals surface area contributed by atoms with Gasteiger partial charge in [-0.05, 0) is 51.8 Å². The van der Waals surface area contributed by atoms with Crippen molar-refractivity contribution in [3.05, 3.63) is 17.5 Å². The van der Waals surface area contributed by atoms with E-state index in [0.717, 1.165) is 34.8 Å². The smallest absolute Gasteiger partial charge is 0.187 e. The number of aromatic nitrogens is 2. The highest BCUT2D eigenvalue weighted by Crippen LogP contribution is 2.21. The van der Waals surface area contributed by atoms with Crippen LogP contribution in [0.25, 0.3) is 0 Å². The first-order valence-electron chi connectivity index (χ1n) is 5.90. The second-order valence-corrected chi connectivity index (χ2v) is 5.44. The van der Waals surface area contributed by atoms with Crippen LogP contribution in [0.3, 0.4) is 0 Å². The summed E-state index contributed by atoms with van der Waals surface area (Å²) in [4.78, 5) is 8.90. The molecule has 1 aromatic heterocycles. The second kappa shape index (κ2) is 5.64. The Morgan fingerprint density at radius 1 is 1.38 bits per heavy atom. The van der Waals surface area contributed by atoms with Crippen LogP contribution in [0.1, 0.15) is 24.2 Å². The topological polar surface area (TPSA) is 37.8 Å². The van der Waals surface area contributed by atoms with Gasteiger partial charge in [-0.2, -0.15) is 0 Å². The van der Waals surface area contributed by atoms with Crippen molar-refractivity contribution in [3.8, 4) is 0 Å². The fourth-order valence-corrected chi connectivity index (χ4v) is 3.10. The van der Waals surface area contributed by atoms with E-state index in [-0.39, 0.29) is 0 Å². The summed E-state index contributed by atoms with van der Waals surface area (Å²) in [6.07, 6.45) is 2.64. The number of nitrogens with zero attached hydrogens (tertiary/aromatic N) is 2. The maximum absolute atomic E-state index is 4.45. The van der Waals surface area contributed by atoms with E-state index < -0.39 is 0 Å². The summed E-state index contributed by atoms with van der Waals surface area (Å²) in [5.41, 5.74) is 2.13. The third-order valence-electron chi connectivity index (χ3n) is 2.81. The number of piperidine rings is 1.